The highest BCUT2D eigenvalue weighted by atomic mass is 16.2. The minimum Gasteiger partial charge on any atom is -0.339 e. The highest BCUT2D eigenvalue weighted by Crippen LogP contribution is 2.42. The van der Waals surface area contributed by atoms with Crippen molar-refractivity contribution in [2.45, 2.75) is 57.0 Å². The number of nitrogens with zero attached hydrogens (tertiary/aromatic N) is 2. The van der Waals surface area contributed by atoms with Crippen molar-refractivity contribution < 1.29 is 4.79 Å². The first-order valence-corrected chi connectivity index (χ1v) is 7.86. The lowest BCUT2D eigenvalue weighted by molar-refractivity contribution is -0.148. The molecule has 4 aliphatic heterocycles. The van der Waals surface area contributed by atoms with E-state index in [1.54, 1.807) is 0 Å². The van der Waals surface area contributed by atoms with Crippen LogP contribution in [0.15, 0.2) is 0 Å². The lowest BCUT2D eigenvalue weighted by atomic mass is 9.71. The summed E-state index contributed by atoms with van der Waals surface area (Å²) in [7, 11) is 0. The Morgan fingerprint density at radius 3 is 2.72 bits per heavy atom. The maximum atomic E-state index is 12.1. The van der Waals surface area contributed by atoms with Gasteiger partial charge in [0.05, 0.1) is 0 Å². The van der Waals surface area contributed by atoms with Crippen LogP contribution in [0.1, 0.15) is 44.9 Å². The molecule has 4 heterocycles. The quantitative estimate of drug-likeness (QED) is 0.653. The molecule has 3 nitrogen and oxygen atoms in total. The second-order valence-corrected chi connectivity index (χ2v) is 6.82. The van der Waals surface area contributed by atoms with Crippen LogP contribution in [0, 0.1) is 11.8 Å². The van der Waals surface area contributed by atoms with E-state index in [9.17, 15) is 4.79 Å². The van der Waals surface area contributed by atoms with Crippen molar-refractivity contribution in [2.24, 2.45) is 11.8 Å². The third-order valence-electron chi connectivity index (χ3n) is 5.87. The first-order chi connectivity index (χ1) is 8.83. The normalized spacial score (nSPS) is 44.4. The summed E-state index contributed by atoms with van der Waals surface area (Å²) in [5.41, 5.74) is 0. The summed E-state index contributed by atoms with van der Waals surface area (Å²) in [4.78, 5) is 17.2. The van der Waals surface area contributed by atoms with Crippen molar-refractivity contribution in [1.29, 1.82) is 0 Å². The number of hydrogen-bond acceptors (Lipinski definition) is 2. The van der Waals surface area contributed by atoms with E-state index in [1.807, 2.05) is 0 Å². The molecule has 0 aromatic heterocycles. The first kappa shape index (κ1) is 11.3. The van der Waals surface area contributed by atoms with Gasteiger partial charge in [-0.1, -0.05) is 6.42 Å². The van der Waals surface area contributed by atoms with Gasteiger partial charge in [0.1, 0.15) is 0 Å². The van der Waals surface area contributed by atoms with Gasteiger partial charge in [0.2, 0.25) is 5.91 Å². The number of carbonyl (C=O) groups is 1. The molecule has 4 rings (SSSR count). The highest BCUT2D eigenvalue weighted by Gasteiger charge is 2.47. The Morgan fingerprint density at radius 1 is 0.944 bits per heavy atom. The van der Waals surface area contributed by atoms with Crippen LogP contribution in [0.2, 0.25) is 0 Å². The predicted octanol–water partition coefficient (Wildman–Crippen LogP) is 1.87. The molecule has 0 aromatic carbocycles. The molecule has 18 heavy (non-hydrogen) atoms. The van der Waals surface area contributed by atoms with E-state index in [2.05, 4.69) is 9.80 Å². The Bertz CT molecular complexity index is 356. The SMILES string of the molecule is O=C1CCCC2C3C[C@@H](CN12)[C@@H]1CCCCN1C3. The van der Waals surface area contributed by atoms with E-state index in [0.29, 0.717) is 11.9 Å². The smallest absolute Gasteiger partial charge is 0.222 e. The van der Waals surface area contributed by atoms with Gasteiger partial charge in [-0.05, 0) is 50.5 Å². The molecule has 4 saturated heterocycles. The molecule has 0 aliphatic carbocycles. The van der Waals surface area contributed by atoms with Gasteiger partial charge in [-0.3, -0.25) is 9.69 Å². The third kappa shape index (κ3) is 1.63. The number of amides is 1. The summed E-state index contributed by atoms with van der Waals surface area (Å²) in [5.74, 6) is 2.01. The molecule has 4 fully saturated rings. The van der Waals surface area contributed by atoms with Crippen molar-refractivity contribution in [3.8, 4) is 0 Å². The Labute approximate surface area is 110 Å². The van der Waals surface area contributed by atoms with Gasteiger partial charge in [0.15, 0.2) is 0 Å². The van der Waals surface area contributed by atoms with Gasteiger partial charge in [-0.2, -0.15) is 0 Å². The maximum Gasteiger partial charge on any atom is 0.222 e. The van der Waals surface area contributed by atoms with Crippen molar-refractivity contribution in [3.05, 3.63) is 0 Å². The monoisotopic (exact) mass is 248 g/mol. The lowest BCUT2D eigenvalue weighted by Crippen LogP contribution is -2.64. The number of carbonyl (C=O) groups excluding carboxylic acids is 1. The van der Waals surface area contributed by atoms with E-state index >= 15 is 0 Å². The Morgan fingerprint density at radius 2 is 1.78 bits per heavy atom. The van der Waals surface area contributed by atoms with Crippen LogP contribution in [0.5, 0.6) is 0 Å². The van der Waals surface area contributed by atoms with Crippen LogP contribution in [0.3, 0.4) is 0 Å². The zero-order valence-electron chi connectivity index (χ0n) is 11.2. The molecule has 0 radical (unpaired) electrons. The van der Waals surface area contributed by atoms with Crippen molar-refractivity contribution in [2.75, 3.05) is 19.6 Å². The standard InChI is InChI=1S/C15H24N2O/c18-15-6-3-5-14-11-8-12(10-17(14)15)13-4-1-2-7-16(13)9-11/h11-14H,1-10H2/t11?,12-,13-,14?/m0/s1. The minimum absolute atomic E-state index is 0.449. The lowest BCUT2D eigenvalue weighted by Gasteiger charge is -2.56. The van der Waals surface area contributed by atoms with Gasteiger partial charge in [-0.15, -0.1) is 0 Å². The molecular weight excluding hydrogens is 224 g/mol. The van der Waals surface area contributed by atoms with Gasteiger partial charge in [0.25, 0.3) is 0 Å². The van der Waals surface area contributed by atoms with E-state index < -0.39 is 0 Å². The van der Waals surface area contributed by atoms with E-state index in [0.717, 1.165) is 37.3 Å². The highest BCUT2D eigenvalue weighted by molar-refractivity contribution is 5.77. The summed E-state index contributed by atoms with van der Waals surface area (Å²) in [5, 5.41) is 0. The topological polar surface area (TPSA) is 23.6 Å². The second-order valence-electron chi connectivity index (χ2n) is 6.82. The summed E-state index contributed by atoms with van der Waals surface area (Å²) >= 11 is 0. The van der Waals surface area contributed by atoms with Crippen LogP contribution < -0.4 is 0 Å². The molecule has 1 amide bonds. The average Bonchev–Trinajstić information content (AvgIpc) is 2.40. The zero-order valence-corrected chi connectivity index (χ0v) is 11.2. The van der Waals surface area contributed by atoms with Crippen molar-refractivity contribution >= 4 is 5.91 Å². The summed E-state index contributed by atoms with van der Waals surface area (Å²) in [6.07, 6.45) is 8.78. The maximum absolute atomic E-state index is 12.1. The van der Waals surface area contributed by atoms with E-state index in [1.165, 1.54) is 45.2 Å². The summed E-state index contributed by atoms with van der Waals surface area (Å²) in [6, 6.07) is 1.39. The van der Waals surface area contributed by atoms with Gasteiger partial charge in [0, 0.05) is 31.6 Å². The number of fused-ring (bicyclic) bond motifs is 6. The number of rotatable bonds is 0. The average molecular weight is 248 g/mol. The van der Waals surface area contributed by atoms with Crippen LogP contribution in [-0.4, -0.2) is 47.4 Å². The molecule has 0 spiro atoms. The van der Waals surface area contributed by atoms with Crippen LogP contribution in [0.25, 0.3) is 0 Å². The Balaban J connectivity index is 1.59. The molecule has 0 N–H and O–H groups in total. The first-order valence-electron chi connectivity index (χ1n) is 7.86. The van der Waals surface area contributed by atoms with Gasteiger partial charge in [-0.25, -0.2) is 0 Å². The Kier molecular flexibility index (Phi) is 2.65. The van der Waals surface area contributed by atoms with Gasteiger partial charge >= 0.3 is 0 Å². The molecule has 2 unspecified atom stereocenters. The molecule has 3 heteroatoms. The fourth-order valence-electron chi connectivity index (χ4n) is 5.10. The molecule has 4 atom stereocenters. The van der Waals surface area contributed by atoms with E-state index in [4.69, 9.17) is 0 Å². The van der Waals surface area contributed by atoms with E-state index in [-0.39, 0.29) is 0 Å². The van der Waals surface area contributed by atoms with Crippen molar-refractivity contribution in [3.63, 3.8) is 0 Å². The van der Waals surface area contributed by atoms with Gasteiger partial charge < -0.3 is 4.90 Å². The van der Waals surface area contributed by atoms with Crippen LogP contribution in [-0.2, 0) is 4.79 Å². The molecule has 4 aliphatic rings. The molecule has 0 aromatic rings. The van der Waals surface area contributed by atoms with Crippen LogP contribution in [0.4, 0.5) is 0 Å². The molecule has 2 bridgehead atoms. The molecule has 0 saturated carbocycles. The largest absolute Gasteiger partial charge is 0.339 e. The minimum atomic E-state index is 0.449. The predicted molar refractivity (Wildman–Crippen MR) is 70.2 cm³/mol. The molecule has 100 valence electrons. The summed E-state index contributed by atoms with van der Waals surface area (Å²) in [6.45, 7) is 3.66. The third-order valence-corrected chi connectivity index (χ3v) is 5.87. The number of piperidine rings is 4. The Hall–Kier alpha value is -0.570. The number of hydrogen-bond donors (Lipinski definition) is 0. The second kappa shape index (κ2) is 4.22. The fraction of sp³-hybridized carbons (Fsp3) is 0.933. The molecular formula is C15H24N2O. The van der Waals surface area contributed by atoms with Crippen LogP contribution >= 0.6 is 0 Å². The summed E-state index contributed by atoms with van der Waals surface area (Å²) < 4.78 is 0. The van der Waals surface area contributed by atoms with Crippen molar-refractivity contribution in [1.82, 2.24) is 9.80 Å². The fourth-order valence-corrected chi connectivity index (χ4v) is 5.10. The zero-order chi connectivity index (χ0) is 12.1.